The number of hydrogen-bond donors (Lipinski definition) is 0. The van der Waals surface area contributed by atoms with Crippen LogP contribution in [0.4, 0.5) is 8.78 Å². The molecule has 0 spiro atoms. The maximum atomic E-state index is 13.9. The van der Waals surface area contributed by atoms with Crippen molar-refractivity contribution in [2.75, 3.05) is 0 Å². The van der Waals surface area contributed by atoms with Crippen molar-refractivity contribution in [3.63, 3.8) is 0 Å². The first kappa shape index (κ1) is 9.63. The van der Waals surface area contributed by atoms with Crippen LogP contribution in [-0.2, 0) is 12.8 Å². The Morgan fingerprint density at radius 2 is 1.06 bits per heavy atom. The van der Waals surface area contributed by atoms with Crippen LogP contribution in [0.2, 0.25) is 0 Å². The normalized spacial score (nSPS) is 17.9. The summed E-state index contributed by atoms with van der Waals surface area (Å²) in [5.74, 6) is -2.04. The molecule has 0 bridgehead atoms. The van der Waals surface area contributed by atoms with Crippen molar-refractivity contribution in [2.24, 2.45) is 0 Å². The molecule has 0 amide bonds. The molecule has 0 aromatic heterocycles. The molecule has 0 radical (unpaired) electrons. The van der Waals surface area contributed by atoms with E-state index in [1.807, 2.05) is 0 Å². The van der Waals surface area contributed by atoms with Gasteiger partial charge >= 0.3 is 0 Å². The lowest BCUT2D eigenvalue weighted by Gasteiger charge is -2.08. The largest absolute Gasteiger partial charge is 0.294 e. The molecule has 2 nitrogen and oxygen atoms in total. The molecular weight excluding hydrogens is 214 g/mol. The Bertz CT molecular complexity index is 497. The highest BCUT2D eigenvalue weighted by molar-refractivity contribution is 6.06. The fraction of sp³-hybridized carbons (Fsp3) is 0.333. The maximum absolute atomic E-state index is 13.9. The van der Waals surface area contributed by atoms with Gasteiger partial charge in [0.1, 0.15) is 11.6 Å². The molecule has 3 rings (SSSR count). The third kappa shape index (κ3) is 0.991. The highest BCUT2D eigenvalue weighted by Crippen LogP contribution is 2.36. The lowest BCUT2D eigenvalue weighted by molar-refractivity contribution is 0.0981. The van der Waals surface area contributed by atoms with Gasteiger partial charge in [-0.25, -0.2) is 8.78 Å². The van der Waals surface area contributed by atoms with Gasteiger partial charge in [0.15, 0.2) is 11.6 Å². The molecule has 16 heavy (non-hydrogen) atoms. The predicted molar refractivity (Wildman–Crippen MR) is 51.7 cm³/mol. The van der Waals surface area contributed by atoms with E-state index in [-0.39, 0.29) is 59.5 Å². The standard InChI is InChI=1S/C12H8F2O2/c13-11-5-1-3-7(15)9(5)12(14)6-2-4-8(16)10(6)11/h1-4H2. The van der Waals surface area contributed by atoms with Crippen LogP contribution in [0.1, 0.15) is 44.7 Å². The van der Waals surface area contributed by atoms with E-state index in [4.69, 9.17) is 0 Å². The number of benzene rings is 1. The lowest BCUT2D eigenvalue weighted by atomic mass is 9.99. The molecule has 1 aromatic rings. The first-order valence-corrected chi connectivity index (χ1v) is 5.20. The zero-order chi connectivity index (χ0) is 11.4. The van der Waals surface area contributed by atoms with Crippen molar-refractivity contribution >= 4 is 11.6 Å². The molecule has 0 heterocycles. The van der Waals surface area contributed by atoms with Gasteiger partial charge in [-0.2, -0.15) is 0 Å². The fourth-order valence-corrected chi connectivity index (χ4v) is 2.56. The van der Waals surface area contributed by atoms with Gasteiger partial charge < -0.3 is 0 Å². The van der Waals surface area contributed by atoms with Crippen LogP contribution in [0.5, 0.6) is 0 Å². The predicted octanol–water partition coefficient (Wildman–Crippen LogP) is 2.22. The van der Waals surface area contributed by atoms with Crippen LogP contribution in [-0.4, -0.2) is 11.6 Å². The maximum Gasteiger partial charge on any atom is 0.166 e. The Balaban J connectivity index is 2.41. The Labute approximate surface area is 90.3 Å². The number of halogens is 2. The SMILES string of the molecule is O=C1CCc2c(F)c3c(c(F)c21)CCC3=O. The number of fused-ring (bicyclic) bond motifs is 2. The van der Waals surface area contributed by atoms with E-state index in [0.717, 1.165) is 0 Å². The molecule has 1 aromatic carbocycles. The molecule has 82 valence electrons. The van der Waals surface area contributed by atoms with Crippen LogP contribution < -0.4 is 0 Å². The quantitative estimate of drug-likeness (QED) is 0.674. The monoisotopic (exact) mass is 222 g/mol. The summed E-state index contributed by atoms with van der Waals surface area (Å²) in [6.07, 6.45) is 0.690. The minimum atomic E-state index is -0.667. The lowest BCUT2D eigenvalue weighted by Crippen LogP contribution is -2.07. The van der Waals surface area contributed by atoms with Crippen molar-refractivity contribution in [3.8, 4) is 0 Å². The number of carbonyl (C=O) groups excluding carboxylic acids is 2. The first-order chi connectivity index (χ1) is 7.61. The van der Waals surface area contributed by atoms with Crippen LogP contribution in [0.15, 0.2) is 0 Å². The number of rotatable bonds is 0. The topological polar surface area (TPSA) is 34.1 Å². The molecule has 0 atom stereocenters. The average molecular weight is 222 g/mol. The smallest absolute Gasteiger partial charge is 0.166 e. The van der Waals surface area contributed by atoms with Crippen LogP contribution >= 0.6 is 0 Å². The molecule has 0 unspecified atom stereocenters. The molecule has 2 aliphatic rings. The van der Waals surface area contributed by atoms with Crippen molar-refractivity contribution in [2.45, 2.75) is 25.7 Å². The van der Waals surface area contributed by atoms with Crippen molar-refractivity contribution in [1.82, 2.24) is 0 Å². The van der Waals surface area contributed by atoms with Gasteiger partial charge in [-0.05, 0) is 12.8 Å². The van der Waals surface area contributed by atoms with Crippen LogP contribution in [0.3, 0.4) is 0 Å². The summed E-state index contributed by atoms with van der Waals surface area (Å²) in [4.78, 5) is 22.9. The second-order valence-corrected chi connectivity index (χ2v) is 4.18. The highest BCUT2D eigenvalue weighted by Gasteiger charge is 2.36. The molecule has 4 heteroatoms. The summed E-state index contributed by atoms with van der Waals surface area (Å²) >= 11 is 0. The van der Waals surface area contributed by atoms with Crippen molar-refractivity contribution in [1.29, 1.82) is 0 Å². The summed E-state index contributed by atoms with van der Waals surface area (Å²) in [5, 5.41) is 0. The zero-order valence-electron chi connectivity index (χ0n) is 8.40. The van der Waals surface area contributed by atoms with Crippen molar-refractivity contribution < 1.29 is 18.4 Å². The van der Waals surface area contributed by atoms with Gasteiger partial charge in [0, 0.05) is 24.0 Å². The van der Waals surface area contributed by atoms with E-state index in [1.54, 1.807) is 0 Å². The molecule has 0 N–H and O–H groups in total. The van der Waals surface area contributed by atoms with Crippen LogP contribution in [0.25, 0.3) is 0 Å². The van der Waals surface area contributed by atoms with E-state index in [1.165, 1.54) is 0 Å². The van der Waals surface area contributed by atoms with Gasteiger partial charge in [0.25, 0.3) is 0 Å². The summed E-state index contributed by atoms with van der Waals surface area (Å²) in [5.41, 5.74) is -0.0510. The van der Waals surface area contributed by atoms with Gasteiger partial charge in [-0.1, -0.05) is 0 Å². The third-order valence-electron chi connectivity index (χ3n) is 3.33. The molecule has 2 aliphatic carbocycles. The third-order valence-corrected chi connectivity index (χ3v) is 3.33. The Morgan fingerprint density at radius 3 is 1.44 bits per heavy atom. The number of hydrogen-bond acceptors (Lipinski definition) is 2. The highest BCUT2D eigenvalue weighted by atomic mass is 19.1. The molecule has 0 aliphatic heterocycles. The van der Waals surface area contributed by atoms with E-state index < -0.39 is 11.6 Å². The molecule has 0 saturated carbocycles. The number of carbonyl (C=O) groups is 2. The van der Waals surface area contributed by atoms with E-state index >= 15 is 0 Å². The van der Waals surface area contributed by atoms with Crippen molar-refractivity contribution in [3.05, 3.63) is 33.9 Å². The Kier molecular flexibility index (Phi) is 1.79. The summed E-state index contributed by atoms with van der Waals surface area (Å²) < 4.78 is 27.9. The summed E-state index contributed by atoms with van der Waals surface area (Å²) in [6.45, 7) is 0. The summed E-state index contributed by atoms with van der Waals surface area (Å²) in [6, 6.07) is 0. The van der Waals surface area contributed by atoms with E-state index in [0.29, 0.717) is 0 Å². The number of ketones is 2. The minimum Gasteiger partial charge on any atom is -0.294 e. The Morgan fingerprint density at radius 1 is 0.688 bits per heavy atom. The minimum absolute atomic E-state index is 0.0940. The van der Waals surface area contributed by atoms with Gasteiger partial charge in [-0.15, -0.1) is 0 Å². The molecule has 0 fully saturated rings. The fourth-order valence-electron chi connectivity index (χ4n) is 2.56. The van der Waals surface area contributed by atoms with Gasteiger partial charge in [0.2, 0.25) is 0 Å². The zero-order valence-corrected chi connectivity index (χ0v) is 8.40. The summed E-state index contributed by atoms with van der Waals surface area (Å²) in [7, 11) is 0. The second-order valence-electron chi connectivity index (χ2n) is 4.18. The van der Waals surface area contributed by atoms with E-state index in [9.17, 15) is 18.4 Å². The average Bonchev–Trinajstić information content (AvgIpc) is 2.80. The second kappa shape index (κ2) is 2.97. The molecule has 0 saturated heterocycles. The first-order valence-electron chi connectivity index (χ1n) is 5.20. The van der Waals surface area contributed by atoms with Crippen LogP contribution in [0, 0.1) is 11.6 Å². The van der Waals surface area contributed by atoms with E-state index in [2.05, 4.69) is 0 Å². The van der Waals surface area contributed by atoms with Gasteiger partial charge in [-0.3, -0.25) is 9.59 Å². The Hall–Kier alpha value is -1.58. The molecular formula is C12H8F2O2. The number of Topliss-reactive ketones (excluding diaryl/α,β-unsaturated/α-hetero) is 2. The van der Waals surface area contributed by atoms with Gasteiger partial charge in [0.05, 0.1) is 11.1 Å².